The summed E-state index contributed by atoms with van der Waals surface area (Å²) in [4.78, 5) is 28.8. The minimum absolute atomic E-state index is 0.00895. The number of nitrogen functional groups attached to an aromatic ring is 1. The molecule has 2 saturated heterocycles. The summed E-state index contributed by atoms with van der Waals surface area (Å²) in [5.74, 6) is -1.24. The number of ether oxygens (including phenoxy) is 3. The molecule has 2 aliphatic heterocycles. The highest BCUT2D eigenvalue weighted by Gasteiger charge is 2.65. The molecule has 5 rings (SSSR count). The molecule has 0 saturated carbocycles. The molecule has 2 aliphatic rings. The van der Waals surface area contributed by atoms with Gasteiger partial charge >= 0.3 is 19.8 Å². The third kappa shape index (κ3) is 4.70. The Morgan fingerprint density at radius 2 is 2.08 bits per heavy atom. The van der Waals surface area contributed by atoms with Gasteiger partial charge in [0.05, 0.1) is 12.3 Å². The van der Waals surface area contributed by atoms with Gasteiger partial charge in [0.25, 0.3) is 0 Å². The minimum Gasteiger partial charge on any atom is -0.462 e. The number of benzene rings is 1. The van der Waals surface area contributed by atoms with Crippen LogP contribution in [0.5, 0.6) is 5.75 Å². The van der Waals surface area contributed by atoms with Crippen molar-refractivity contribution in [3.05, 3.63) is 54.0 Å². The molecule has 0 bridgehead atoms. The van der Waals surface area contributed by atoms with E-state index in [1.54, 1.807) is 38.1 Å². The van der Waals surface area contributed by atoms with Crippen LogP contribution in [0.25, 0.3) is 5.52 Å². The predicted molar refractivity (Wildman–Crippen MR) is 131 cm³/mol. The number of phosphoric acid groups is 1. The molecule has 2 fully saturated rings. The minimum atomic E-state index is -4.48. The zero-order chi connectivity index (χ0) is 27.8. The molecule has 39 heavy (non-hydrogen) atoms. The molecule has 0 amide bonds. The summed E-state index contributed by atoms with van der Waals surface area (Å²) in [6.07, 6.45) is -2.50. The van der Waals surface area contributed by atoms with Crippen molar-refractivity contribution in [3.8, 4) is 11.8 Å². The first-order chi connectivity index (χ1) is 18.7. The van der Waals surface area contributed by atoms with Crippen LogP contribution in [-0.2, 0) is 32.6 Å². The summed E-state index contributed by atoms with van der Waals surface area (Å²) >= 11 is 0. The number of hydrogen-bond donors (Lipinski definition) is 1. The standard InChI is InChI=1S/C24H24N5O9P/c1-3-18(30)35-20-19(15-9-10-16-22(26)27-13-28-29(15)16)36-24(11-25)12-34-39(32,38-21(20)24)37-17-8-6-5-7-14(17)23(31)33-4-2/h5-10,13,19-21H,3-4,12H2,1-2H3,(H2,26,27,28)/t19-,20-,21-,24+,39?/m0/s1. The fraction of sp³-hybridized carbons (Fsp3) is 0.375. The predicted octanol–water partition coefficient (Wildman–Crippen LogP) is 2.75. The Labute approximate surface area is 222 Å². The highest BCUT2D eigenvalue weighted by Crippen LogP contribution is 2.60. The van der Waals surface area contributed by atoms with Gasteiger partial charge in [-0.15, -0.1) is 0 Å². The highest BCUT2D eigenvalue weighted by atomic mass is 31.2. The highest BCUT2D eigenvalue weighted by molar-refractivity contribution is 7.49. The van der Waals surface area contributed by atoms with Crippen LogP contribution in [0.15, 0.2) is 42.7 Å². The molecule has 1 aromatic carbocycles. The number of carbonyl (C=O) groups is 2. The molecule has 5 atom stereocenters. The smallest absolute Gasteiger partial charge is 0.462 e. The molecular weight excluding hydrogens is 533 g/mol. The molecule has 15 heteroatoms. The average molecular weight is 557 g/mol. The number of phosphoric ester groups is 1. The van der Waals surface area contributed by atoms with E-state index in [2.05, 4.69) is 10.1 Å². The molecule has 3 aromatic rings. The van der Waals surface area contributed by atoms with Crippen LogP contribution in [0.3, 0.4) is 0 Å². The molecule has 2 aromatic heterocycles. The molecule has 0 radical (unpaired) electrons. The largest absolute Gasteiger partial charge is 0.530 e. The quantitative estimate of drug-likeness (QED) is 0.330. The first-order valence-corrected chi connectivity index (χ1v) is 13.5. The van der Waals surface area contributed by atoms with Crippen molar-refractivity contribution in [3.63, 3.8) is 0 Å². The van der Waals surface area contributed by atoms with Crippen LogP contribution in [-0.4, -0.2) is 57.6 Å². The van der Waals surface area contributed by atoms with E-state index in [0.717, 1.165) is 0 Å². The summed E-state index contributed by atoms with van der Waals surface area (Å²) in [5, 5.41) is 14.3. The first kappa shape index (κ1) is 26.6. The first-order valence-electron chi connectivity index (χ1n) is 12.0. The van der Waals surface area contributed by atoms with E-state index in [9.17, 15) is 19.4 Å². The number of carbonyl (C=O) groups excluding carboxylic acids is 2. The van der Waals surface area contributed by atoms with E-state index in [1.165, 1.54) is 23.0 Å². The van der Waals surface area contributed by atoms with E-state index in [0.29, 0.717) is 11.2 Å². The lowest BCUT2D eigenvalue weighted by Crippen LogP contribution is -2.51. The summed E-state index contributed by atoms with van der Waals surface area (Å²) in [6.45, 7) is 2.79. The lowest BCUT2D eigenvalue weighted by Gasteiger charge is -2.36. The Hall–Kier alpha value is -4.02. The molecular formula is C24H24N5O9P. The van der Waals surface area contributed by atoms with Crippen LogP contribution in [0.4, 0.5) is 5.82 Å². The van der Waals surface area contributed by atoms with Gasteiger partial charge in [0.2, 0.25) is 5.60 Å². The fourth-order valence-corrected chi connectivity index (χ4v) is 5.86. The number of para-hydroxylation sites is 1. The topological polar surface area (TPSA) is 187 Å². The maximum atomic E-state index is 13.7. The number of fused-ring (bicyclic) bond motifs is 2. The number of nitrogens with two attached hydrogens (primary N) is 1. The van der Waals surface area contributed by atoms with Crippen molar-refractivity contribution < 1.29 is 41.9 Å². The van der Waals surface area contributed by atoms with Gasteiger partial charge in [-0.3, -0.25) is 13.8 Å². The number of nitriles is 1. The van der Waals surface area contributed by atoms with Crippen molar-refractivity contribution >= 4 is 31.1 Å². The fourth-order valence-electron chi connectivity index (χ4n) is 4.38. The van der Waals surface area contributed by atoms with Gasteiger partial charge in [-0.1, -0.05) is 19.1 Å². The maximum absolute atomic E-state index is 13.7. The summed E-state index contributed by atoms with van der Waals surface area (Å²) in [6, 6.07) is 11.2. The Balaban J connectivity index is 1.52. The second kappa shape index (κ2) is 10.3. The van der Waals surface area contributed by atoms with Gasteiger partial charge in [-0.05, 0) is 31.2 Å². The van der Waals surface area contributed by atoms with Crippen LogP contribution in [0, 0.1) is 11.3 Å². The van der Waals surface area contributed by atoms with Crippen molar-refractivity contribution in [1.29, 1.82) is 5.26 Å². The Morgan fingerprint density at radius 3 is 2.82 bits per heavy atom. The van der Waals surface area contributed by atoms with E-state index >= 15 is 0 Å². The van der Waals surface area contributed by atoms with Crippen LogP contribution in [0.1, 0.15) is 42.4 Å². The second-order valence-corrected chi connectivity index (χ2v) is 10.1. The van der Waals surface area contributed by atoms with E-state index in [4.69, 9.17) is 33.5 Å². The summed E-state index contributed by atoms with van der Waals surface area (Å²) < 4.78 is 48.8. The van der Waals surface area contributed by atoms with E-state index in [-0.39, 0.29) is 30.2 Å². The zero-order valence-corrected chi connectivity index (χ0v) is 21.8. The molecule has 1 unspecified atom stereocenters. The lowest BCUT2D eigenvalue weighted by atomic mass is 9.96. The van der Waals surface area contributed by atoms with Gasteiger partial charge in [0, 0.05) is 6.42 Å². The molecule has 4 heterocycles. The molecule has 204 valence electrons. The Morgan fingerprint density at radius 1 is 1.28 bits per heavy atom. The van der Waals surface area contributed by atoms with Gasteiger partial charge in [0.1, 0.15) is 41.9 Å². The maximum Gasteiger partial charge on any atom is 0.530 e. The van der Waals surface area contributed by atoms with Crippen LogP contribution in [0.2, 0.25) is 0 Å². The molecule has 0 spiro atoms. The second-order valence-electron chi connectivity index (χ2n) is 8.60. The Bertz CT molecular complexity index is 1520. The number of anilines is 1. The van der Waals surface area contributed by atoms with Crippen molar-refractivity contribution in [2.24, 2.45) is 0 Å². The van der Waals surface area contributed by atoms with Crippen LogP contribution < -0.4 is 10.3 Å². The van der Waals surface area contributed by atoms with Crippen molar-refractivity contribution in [2.75, 3.05) is 18.9 Å². The van der Waals surface area contributed by atoms with E-state index < -0.39 is 50.3 Å². The summed E-state index contributed by atoms with van der Waals surface area (Å²) in [5.41, 5.74) is 4.95. The van der Waals surface area contributed by atoms with Gasteiger partial charge in [-0.25, -0.2) is 18.9 Å². The number of nitrogens with zero attached hydrogens (tertiary/aromatic N) is 4. The Kier molecular flexibility index (Phi) is 7.00. The third-order valence-electron chi connectivity index (χ3n) is 6.21. The van der Waals surface area contributed by atoms with Gasteiger partial charge < -0.3 is 24.5 Å². The van der Waals surface area contributed by atoms with E-state index in [1.807, 2.05) is 6.07 Å². The SMILES string of the molecule is CCOC(=O)c1ccccc1OP1(=O)OC[C@@]2(C#N)O[C@@H](c3ccc4c(N)ncnn34)[C@H](OC(=O)CC)[C@@H]2O1. The third-order valence-corrected chi connectivity index (χ3v) is 7.56. The van der Waals surface area contributed by atoms with Gasteiger partial charge in [0.15, 0.2) is 18.0 Å². The monoisotopic (exact) mass is 557 g/mol. The van der Waals surface area contributed by atoms with Crippen LogP contribution >= 0.6 is 7.82 Å². The number of aromatic nitrogens is 3. The van der Waals surface area contributed by atoms with Crippen molar-refractivity contribution in [1.82, 2.24) is 14.6 Å². The van der Waals surface area contributed by atoms with Crippen molar-refractivity contribution in [2.45, 2.75) is 44.2 Å². The normalized spacial score (nSPS) is 27.9. The number of hydrogen-bond acceptors (Lipinski definition) is 13. The lowest BCUT2D eigenvalue weighted by molar-refractivity contribution is -0.155. The molecule has 0 aliphatic carbocycles. The number of rotatable bonds is 7. The zero-order valence-electron chi connectivity index (χ0n) is 20.9. The summed E-state index contributed by atoms with van der Waals surface area (Å²) in [7, 11) is -4.48. The van der Waals surface area contributed by atoms with Gasteiger partial charge in [-0.2, -0.15) is 10.4 Å². The molecule has 14 nitrogen and oxygen atoms in total. The average Bonchev–Trinajstić information content (AvgIpc) is 3.49. The number of esters is 2. The molecule has 2 N–H and O–H groups in total.